The summed E-state index contributed by atoms with van der Waals surface area (Å²) >= 11 is 0. The molecular weight excluding hydrogens is 439 g/mol. The lowest BCUT2D eigenvalue weighted by atomic mass is 10.1. The summed E-state index contributed by atoms with van der Waals surface area (Å²) in [5.74, 6) is 0.693. The van der Waals surface area contributed by atoms with Crippen LogP contribution in [0.4, 0.5) is 24.7 Å². The maximum Gasteiger partial charge on any atom is 0.411 e. The maximum absolute atomic E-state index is 14.0. The third-order valence-corrected chi connectivity index (χ3v) is 7.28. The first-order valence-corrected chi connectivity index (χ1v) is 11.8. The van der Waals surface area contributed by atoms with E-state index in [0.717, 1.165) is 32.1 Å². The van der Waals surface area contributed by atoms with E-state index in [1.54, 1.807) is 10.9 Å². The third kappa shape index (κ3) is 3.74. The van der Waals surface area contributed by atoms with E-state index in [9.17, 15) is 13.2 Å². The van der Waals surface area contributed by atoms with E-state index in [2.05, 4.69) is 10.00 Å². The van der Waals surface area contributed by atoms with Gasteiger partial charge in [-0.25, -0.2) is 9.67 Å². The van der Waals surface area contributed by atoms with Gasteiger partial charge in [0.2, 0.25) is 0 Å². The highest BCUT2D eigenvalue weighted by Gasteiger charge is 2.46. The van der Waals surface area contributed by atoms with Crippen LogP contribution in [0.1, 0.15) is 38.3 Å². The number of nitrogens with zero attached hydrogens (tertiary/aromatic N) is 5. The van der Waals surface area contributed by atoms with Crippen molar-refractivity contribution in [3.8, 4) is 0 Å². The Morgan fingerprint density at radius 2 is 1.79 bits per heavy atom. The van der Waals surface area contributed by atoms with Gasteiger partial charge in [-0.1, -0.05) is 0 Å². The Labute approximate surface area is 189 Å². The maximum atomic E-state index is 14.0. The molecule has 4 atom stereocenters. The van der Waals surface area contributed by atoms with Crippen LogP contribution in [0.3, 0.4) is 0 Å². The van der Waals surface area contributed by atoms with Crippen LogP contribution in [-0.4, -0.2) is 78.6 Å². The second-order valence-electron chi connectivity index (χ2n) is 9.30. The number of ether oxygens (including phenoxy) is 3. The first-order valence-electron chi connectivity index (χ1n) is 11.8. The number of rotatable bonds is 3. The highest BCUT2D eigenvalue weighted by Crippen LogP contribution is 2.40. The second-order valence-corrected chi connectivity index (χ2v) is 9.30. The molecule has 0 N–H and O–H groups in total. The number of aromatic nitrogens is 3. The van der Waals surface area contributed by atoms with E-state index < -0.39 is 12.2 Å². The van der Waals surface area contributed by atoms with Gasteiger partial charge in [0.15, 0.2) is 11.9 Å². The third-order valence-electron chi connectivity index (χ3n) is 7.28. The summed E-state index contributed by atoms with van der Waals surface area (Å²) in [5.41, 5.74) is 1.08. The SMILES string of the molecule is FC(F)(F)C1COCCN1c1cc(N2C3CCC2COC3)nc2c1cnn2C1CCCCO1. The fraction of sp³-hybridized carbons (Fsp3) is 0.727. The van der Waals surface area contributed by atoms with Gasteiger partial charge >= 0.3 is 6.18 Å². The van der Waals surface area contributed by atoms with Crippen LogP contribution in [0.2, 0.25) is 0 Å². The minimum atomic E-state index is -4.41. The lowest BCUT2D eigenvalue weighted by molar-refractivity contribution is -0.167. The Kier molecular flexibility index (Phi) is 5.38. The second kappa shape index (κ2) is 8.28. The molecule has 0 aromatic carbocycles. The molecule has 4 unspecified atom stereocenters. The van der Waals surface area contributed by atoms with Gasteiger partial charge in [-0.15, -0.1) is 0 Å². The van der Waals surface area contributed by atoms with Crippen LogP contribution in [0.5, 0.6) is 0 Å². The van der Waals surface area contributed by atoms with Crippen LogP contribution in [-0.2, 0) is 14.2 Å². The first-order chi connectivity index (χ1) is 16.0. The van der Waals surface area contributed by atoms with Crippen LogP contribution in [0.15, 0.2) is 12.3 Å². The van der Waals surface area contributed by atoms with E-state index >= 15 is 0 Å². The van der Waals surface area contributed by atoms with Crippen molar-refractivity contribution in [3.05, 3.63) is 12.3 Å². The zero-order chi connectivity index (χ0) is 22.6. The predicted molar refractivity (Wildman–Crippen MR) is 114 cm³/mol. The van der Waals surface area contributed by atoms with E-state index in [1.807, 2.05) is 6.07 Å². The Balaban J connectivity index is 1.49. The monoisotopic (exact) mass is 467 g/mol. The van der Waals surface area contributed by atoms with E-state index in [-0.39, 0.29) is 38.1 Å². The molecule has 2 aromatic heterocycles. The molecule has 4 fully saturated rings. The Morgan fingerprint density at radius 1 is 0.970 bits per heavy atom. The number of fused-ring (bicyclic) bond motifs is 3. The van der Waals surface area contributed by atoms with Crippen molar-refractivity contribution in [2.75, 3.05) is 49.4 Å². The molecule has 11 heteroatoms. The molecule has 0 saturated carbocycles. The molecule has 6 heterocycles. The minimum Gasteiger partial charge on any atom is -0.377 e. The van der Waals surface area contributed by atoms with Gasteiger partial charge in [0, 0.05) is 19.2 Å². The minimum absolute atomic E-state index is 0.157. The molecule has 0 radical (unpaired) electrons. The van der Waals surface area contributed by atoms with Crippen molar-refractivity contribution in [1.82, 2.24) is 14.8 Å². The molecule has 2 aromatic rings. The fourth-order valence-electron chi connectivity index (χ4n) is 5.65. The fourth-order valence-corrected chi connectivity index (χ4v) is 5.65. The number of pyridine rings is 1. The van der Waals surface area contributed by atoms with Gasteiger partial charge in [0.25, 0.3) is 0 Å². The van der Waals surface area contributed by atoms with Gasteiger partial charge in [-0.3, -0.25) is 0 Å². The summed E-state index contributed by atoms with van der Waals surface area (Å²) in [6.07, 6.45) is 1.79. The van der Waals surface area contributed by atoms with Gasteiger partial charge in [-0.05, 0) is 32.1 Å². The number of alkyl halides is 3. The summed E-state index contributed by atoms with van der Waals surface area (Å²) in [5, 5.41) is 5.16. The molecule has 0 aliphatic carbocycles. The number of halogens is 3. The zero-order valence-corrected chi connectivity index (χ0v) is 18.3. The summed E-state index contributed by atoms with van der Waals surface area (Å²) < 4.78 is 60.5. The van der Waals surface area contributed by atoms with Gasteiger partial charge in [-0.2, -0.15) is 18.3 Å². The molecule has 0 amide bonds. The molecule has 4 aliphatic heterocycles. The topological polar surface area (TPSA) is 64.9 Å². The smallest absolute Gasteiger partial charge is 0.377 e. The summed E-state index contributed by atoms with van der Waals surface area (Å²) in [4.78, 5) is 8.64. The molecule has 2 bridgehead atoms. The highest BCUT2D eigenvalue weighted by molar-refractivity contribution is 5.92. The Bertz CT molecular complexity index is 993. The Morgan fingerprint density at radius 3 is 2.52 bits per heavy atom. The van der Waals surface area contributed by atoms with Crippen molar-refractivity contribution >= 4 is 22.5 Å². The Hall–Kier alpha value is -2.11. The van der Waals surface area contributed by atoms with Crippen molar-refractivity contribution < 1.29 is 27.4 Å². The average Bonchev–Trinajstić information content (AvgIpc) is 3.36. The molecule has 8 nitrogen and oxygen atoms in total. The van der Waals surface area contributed by atoms with Crippen LogP contribution < -0.4 is 9.80 Å². The van der Waals surface area contributed by atoms with Crippen molar-refractivity contribution in [2.45, 2.75) is 62.6 Å². The van der Waals surface area contributed by atoms with Gasteiger partial charge in [0.05, 0.1) is 55.8 Å². The standard InChI is InChI=1S/C22H28F3N5O3/c23-22(24,25)18-13-31-8-6-28(18)17-9-19(29-14-4-5-15(29)12-32-11-14)27-21-16(17)10-26-30(21)20-3-1-2-7-33-20/h9-10,14-15,18,20H,1-8,11-13H2. The molecule has 0 spiro atoms. The number of morpholine rings is 2. The lowest BCUT2D eigenvalue weighted by Gasteiger charge is -2.40. The van der Waals surface area contributed by atoms with Crippen LogP contribution in [0, 0.1) is 0 Å². The van der Waals surface area contributed by atoms with E-state index in [4.69, 9.17) is 19.2 Å². The van der Waals surface area contributed by atoms with E-state index in [0.29, 0.717) is 42.4 Å². The van der Waals surface area contributed by atoms with E-state index in [1.165, 1.54) is 4.90 Å². The van der Waals surface area contributed by atoms with Crippen LogP contribution in [0.25, 0.3) is 11.0 Å². The van der Waals surface area contributed by atoms with Crippen molar-refractivity contribution in [1.29, 1.82) is 0 Å². The molecule has 4 saturated heterocycles. The number of anilines is 2. The zero-order valence-electron chi connectivity index (χ0n) is 18.3. The summed E-state index contributed by atoms with van der Waals surface area (Å²) in [6.45, 7) is 1.88. The quantitative estimate of drug-likeness (QED) is 0.687. The molecular formula is C22H28F3N5O3. The first kappa shape index (κ1) is 21.4. The molecule has 33 heavy (non-hydrogen) atoms. The summed E-state index contributed by atoms with van der Waals surface area (Å²) in [7, 11) is 0. The molecule has 4 aliphatic rings. The van der Waals surface area contributed by atoms with Gasteiger partial charge in [0.1, 0.15) is 11.9 Å². The predicted octanol–water partition coefficient (Wildman–Crippen LogP) is 3.27. The summed E-state index contributed by atoms with van der Waals surface area (Å²) in [6, 6.07) is 0.482. The number of hydrogen-bond donors (Lipinski definition) is 0. The van der Waals surface area contributed by atoms with Crippen molar-refractivity contribution in [3.63, 3.8) is 0 Å². The average molecular weight is 467 g/mol. The lowest BCUT2D eigenvalue weighted by Crippen LogP contribution is -2.53. The number of hydrogen-bond acceptors (Lipinski definition) is 7. The molecule has 180 valence electrons. The normalized spacial score (nSPS) is 30.9. The van der Waals surface area contributed by atoms with Gasteiger partial charge < -0.3 is 24.0 Å². The van der Waals surface area contributed by atoms with Crippen LogP contribution >= 0.6 is 0 Å². The molecule has 6 rings (SSSR count). The largest absolute Gasteiger partial charge is 0.411 e. The van der Waals surface area contributed by atoms with Crippen molar-refractivity contribution in [2.24, 2.45) is 0 Å². The highest BCUT2D eigenvalue weighted by atomic mass is 19.4.